The van der Waals surface area contributed by atoms with Gasteiger partial charge in [-0.05, 0) is 24.3 Å². The lowest BCUT2D eigenvalue weighted by atomic mass is 10.2. The highest BCUT2D eigenvalue weighted by Crippen LogP contribution is 2.32. The van der Waals surface area contributed by atoms with E-state index in [1.807, 2.05) is 0 Å². The number of carbonyl (C=O) groups excluding carboxylic acids is 3. The average Bonchev–Trinajstić information content (AvgIpc) is 3.33. The summed E-state index contributed by atoms with van der Waals surface area (Å²) in [5, 5.41) is 10.6. The van der Waals surface area contributed by atoms with E-state index < -0.39 is 16.7 Å². The summed E-state index contributed by atoms with van der Waals surface area (Å²) in [6.45, 7) is 0.0411. The fraction of sp³-hybridized carbons (Fsp3) is 0.111. The van der Waals surface area contributed by atoms with Crippen molar-refractivity contribution < 1.29 is 23.7 Å². The number of nitrogens with one attached hydrogen (secondary N) is 2. The Bertz CT molecular complexity index is 1030. The van der Waals surface area contributed by atoms with Crippen LogP contribution in [0.5, 0.6) is 0 Å². The molecule has 2 N–H and O–H groups in total. The number of hydrogen-bond acceptors (Lipinski definition) is 8. The number of nitro benzene ring substituents is 1. The normalized spacial score (nSPS) is 14.8. The van der Waals surface area contributed by atoms with Crippen LogP contribution in [0.15, 0.2) is 52.0 Å². The zero-order valence-corrected chi connectivity index (χ0v) is 16.8. The number of rotatable bonds is 6. The van der Waals surface area contributed by atoms with Crippen LogP contribution in [0.3, 0.4) is 0 Å². The molecule has 10 nitrogen and oxygen atoms in total. The zero-order valence-electron chi connectivity index (χ0n) is 15.2. The van der Waals surface area contributed by atoms with Crippen LogP contribution in [-0.4, -0.2) is 38.4 Å². The van der Waals surface area contributed by atoms with Gasteiger partial charge in [0.1, 0.15) is 10.1 Å². The first-order chi connectivity index (χ1) is 14.3. The lowest BCUT2D eigenvalue weighted by Crippen LogP contribution is -2.43. The topological polar surface area (TPSA) is 135 Å². The van der Waals surface area contributed by atoms with Crippen molar-refractivity contribution in [2.24, 2.45) is 0 Å². The summed E-state index contributed by atoms with van der Waals surface area (Å²) in [6.07, 6.45) is 2.96. The molecule has 0 unspecified atom stereocenters. The lowest BCUT2D eigenvalue weighted by molar-refractivity contribution is -0.384. The molecule has 1 aromatic carbocycles. The zero-order chi connectivity index (χ0) is 21.7. The Balaban J connectivity index is 1.48. The minimum atomic E-state index is -0.634. The molecule has 0 spiro atoms. The van der Waals surface area contributed by atoms with Crippen molar-refractivity contribution in [3.8, 4) is 0 Å². The molecular weight excluding hydrogens is 432 g/mol. The largest absolute Gasteiger partial charge is 0.465 e. The van der Waals surface area contributed by atoms with Gasteiger partial charge < -0.3 is 4.42 Å². The van der Waals surface area contributed by atoms with Crippen molar-refractivity contribution in [1.82, 2.24) is 15.8 Å². The maximum absolute atomic E-state index is 12.4. The average molecular weight is 446 g/mol. The van der Waals surface area contributed by atoms with Gasteiger partial charge in [-0.15, -0.1) is 0 Å². The van der Waals surface area contributed by atoms with Crippen molar-refractivity contribution in [2.75, 3.05) is 6.54 Å². The van der Waals surface area contributed by atoms with Gasteiger partial charge in [-0.2, -0.15) is 0 Å². The predicted octanol–water partition coefficient (Wildman–Crippen LogP) is 2.24. The van der Waals surface area contributed by atoms with Gasteiger partial charge in [0.25, 0.3) is 17.5 Å². The third-order valence-corrected chi connectivity index (χ3v) is 5.29. The van der Waals surface area contributed by atoms with Gasteiger partial charge >= 0.3 is 0 Å². The minimum Gasteiger partial charge on any atom is -0.465 e. The number of nitrogens with zero attached hydrogens (tertiary/aromatic N) is 2. The first-order valence-electron chi connectivity index (χ1n) is 8.47. The van der Waals surface area contributed by atoms with Crippen molar-refractivity contribution >= 4 is 57.8 Å². The molecule has 154 valence electrons. The second-order valence-electron chi connectivity index (χ2n) is 5.91. The molecule has 1 fully saturated rings. The van der Waals surface area contributed by atoms with Crippen molar-refractivity contribution in [2.45, 2.75) is 6.42 Å². The van der Waals surface area contributed by atoms with Gasteiger partial charge in [0.05, 0.1) is 16.1 Å². The molecule has 0 atom stereocenters. The second-order valence-corrected chi connectivity index (χ2v) is 7.58. The van der Waals surface area contributed by atoms with E-state index in [4.69, 9.17) is 16.6 Å². The molecule has 1 aromatic heterocycles. The van der Waals surface area contributed by atoms with Crippen molar-refractivity contribution in [1.29, 1.82) is 0 Å². The highest BCUT2D eigenvalue weighted by molar-refractivity contribution is 8.26. The highest BCUT2D eigenvalue weighted by Gasteiger charge is 2.32. The van der Waals surface area contributed by atoms with E-state index in [9.17, 15) is 24.5 Å². The summed E-state index contributed by atoms with van der Waals surface area (Å²) < 4.78 is 5.50. The number of amides is 3. The van der Waals surface area contributed by atoms with Crippen LogP contribution in [0, 0.1) is 10.1 Å². The standard InChI is InChI=1S/C18H14N4O6S2/c23-15(19-20-16(24)11-3-5-12(6-4-11)22(26)27)7-8-21-17(25)14(30-18(21)29)10-13-2-1-9-28-13/h1-6,9-10H,7-8H2,(H,19,23)(H,20,24)/b14-10+. The molecule has 3 amide bonds. The molecule has 1 aliphatic rings. The molecule has 2 heterocycles. The van der Waals surface area contributed by atoms with Crippen LogP contribution in [0.1, 0.15) is 22.5 Å². The summed E-state index contributed by atoms with van der Waals surface area (Å²) in [7, 11) is 0. The Morgan fingerprint density at radius 2 is 1.97 bits per heavy atom. The number of thiocarbonyl (C=S) groups is 1. The van der Waals surface area contributed by atoms with Gasteiger partial charge in [0.15, 0.2) is 0 Å². The summed E-state index contributed by atoms with van der Waals surface area (Å²) >= 11 is 6.30. The van der Waals surface area contributed by atoms with E-state index in [2.05, 4.69) is 10.9 Å². The number of hydrogen-bond donors (Lipinski definition) is 2. The number of carbonyl (C=O) groups is 3. The quantitative estimate of drug-likeness (QED) is 0.299. The van der Waals surface area contributed by atoms with E-state index in [1.54, 1.807) is 18.2 Å². The number of non-ortho nitro benzene ring substituents is 1. The van der Waals surface area contributed by atoms with Crippen molar-refractivity contribution in [3.05, 3.63) is 69.0 Å². The summed E-state index contributed by atoms with van der Waals surface area (Å²) in [6, 6.07) is 8.30. The van der Waals surface area contributed by atoms with E-state index in [-0.39, 0.29) is 30.1 Å². The number of hydrazine groups is 1. The number of furan rings is 1. The maximum Gasteiger partial charge on any atom is 0.269 e. The van der Waals surface area contributed by atoms with Crippen LogP contribution in [-0.2, 0) is 9.59 Å². The third kappa shape index (κ3) is 5.10. The van der Waals surface area contributed by atoms with E-state index >= 15 is 0 Å². The summed E-state index contributed by atoms with van der Waals surface area (Å²) in [5.74, 6) is -0.981. The molecule has 1 saturated heterocycles. The van der Waals surface area contributed by atoms with Gasteiger partial charge in [0, 0.05) is 36.7 Å². The number of nitro groups is 1. The van der Waals surface area contributed by atoms with E-state index in [0.29, 0.717) is 15.0 Å². The fourth-order valence-corrected chi connectivity index (χ4v) is 3.69. The Morgan fingerprint density at radius 3 is 2.60 bits per heavy atom. The Labute approximate surface area is 179 Å². The molecule has 0 saturated carbocycles. The molecule has 12 heteroatoms. The van der Waals surface area contributed by atoms with Crippen LogP contribution < -0.4 is 10.9 Å². The molecular formula is C18H14N4O6S2. The van der Waals surface area contributed by atoms with Gasteiger partial charge in [-0.25, -0.2) is 0 Å². The molecule has 3 rings (SSSR count). The minimum absolute atomic E-state index is 0.0411. The first-order valence-corrected chi connectivity index (χ1v) is 9.70. The summed E-state index contributed by atoms with van der Waals surface area (Å²) in [4.78, 5) is 48.2. The van der Waals surface area contributed by atoms with Gasteiger partial charge in [-0.1, -0.05) is 24.0 Å². The van der Waals surface area contributed by atoms with Crippen molar-refractivity contribution in [3.63, 3.8) is 0 Å². The van der Waals surface area contributed by atoms with Crippen LogP contribution in [0.4, 0.5) is 5.69 Å². The smallest absolute Gasteiger partial charge is 0.269 e. The van der Waals surface area contributed by atoms with Gasteiger partial charge in [0.2, 0.25) is 5.91 Å². The molecule has 1 aliphatic heterocycles. The molecule has 0 aliphatic carbocycles. The Hall–Kier alpha value is -3.51. The van der Waals surface area contributed by atoms with Crippen LogP contribution in [0.25, 0.3) is 6.08 Å². The third-order valence-electron chi connectivity index (χ3n) is 3.91. The molecule has 30 heavy (non-hydrogen) atoms. The number of thioether (sulfide) groups is 1. The second kappa shape index (κ2) is 9.33. The van der Waals surface area contributed by atoms with Crippen LogP contribution >= 0.6 is 24.0 Å². The van der Waals surface area contributed by atoms with Gasteiger partial charge in [-0.3, -0.25) is 40.2 Å². The van der Waals surface area contributed by atoms with Crippen LogP contribution in [0.2, 0.25) is 0 Å². The molecule has 2 aromatic rings. The summed E-state index contributed by atoms with van der Waals surface area (Å²) in [5.41, 5.74) is 4.43. The predicted molar refractivity (Wildman–Crippen MR) is 112 cm³/mol. The highest BCUT2D eigenvalue weighted by atomic mass is 32.2. The Kier molecular flexibility index (Phi) is 6.59. The monoisotopic (exact) mass is 446 g/mol. The molecule has 0 bridgehead atoms. The number of benzene rings is 1. The lowest BCUT2D eigenvalue weighted by Gasteiger charge is -2.14. The van der Waals surface area contributed by atoms with E-state index in [1.165, 1.54) is 35.4 Å². The SMILES string of the molecule is O=C(CCN1C(=O)/C(=C\c2ccco2)SC1=S)NNC(=O)c1ccc([N+](=O)[O-])cc1. The van der Waals surface area contributed by atoms with E-state index in [0.717, 1.165) is 11.8 Å². The first kappa shape index (κ1) is 21.2. The fourth-order valence-electron chi connectivity index (χ4n) is 2.40. The maximum atomic E-state index is 12.4. The molecule has 0 radical (unpaired) electrons. The Morgan fingerprint density at radius 1 is 1.23 bits per heavy atom.